The maximum Gasteiger partial charge on any atom is 0.426 e. The van der Waals surface area contributed by atoms with Crippen molar-refractivity contribution in [2.24, 2.45) is 0 Å². The molecule has 0 saturated carbocycles. The Hall–Kier alpha value is -3.02. The summed E-state index contributed by atoms with van der Waals surface area (Å²) in [6, 6.07) is 14.7. The predicted octanol–water partition coefficient (Wildman–Crippen LogP) is 2.96. The van der Waals surface area contributed by atoms with Crippen LogP contribution in [-0.4, -0.2) is 18.6 Å². The highest BCUT2D eigenvalue weighted by atomic mass is 16.6. The molecule has 0 fully saturated rings. The molecule has 0 aliphatic heterocycles. The Morgan fingerprint density at radius 3 is 2.58 bits per heavy atom. The summed E-state index contributed by atoms with van der Waals surface area (Å²) in [4.78, 5) is 23.1. The molecule has 2 aromatic rings. The third-order valence-electron chi connectivity index (χ3n) is 3.14. The van der Waals surface area contributed by atoms with E-state index in [1.54, 1.807) is 31.2 Å². The van der Waals surface area contributed by atoms with Gasteiger partial charge in [0.05, 0.1) is 6.61 Å². The largest absolute Gasteiger partial charge is 0.489 e. The lowest BCUT2D eigenvalue weighted by Gasteiger charge is -2.10. The number of amides is 2. The van der Waals surface area contributed by atoms with Crippen molar-refractivity contribution in [3.8, 4) is 5.75 Å². The van der Waals surface area contributed by atoms with E-state index in [1.165, 1.54) is 0 Å². The van der Waals surface area contributed by atoms with Gasteiger partial charge in [0.25, 0.3) is 5.91 Å². The second-order valence-electron chi connectivity index (χ2n) is 5.11. The molecule has 0 saturated heterocycles. The topological polar surface area (TPSA) is 76.7 Å². The summed E-state index contributed by atoms with van der Waals surface area (Å²) >= 11 is 0. The third kappa shape index (κ3) is 5.31. The van der Waals surface area contributed by atoms with Gasteiger partial charge < -0.3 is 9.47 Å². The summed E-state index contributed by atoms with van der Waals surface area (Å²) in [5, 5.41) is 0. The van der Waals surface area contributed by atoms with Crippen LogP contribution in [0.15, 0.2) is 48.5 Å². The van der Waals surface area contributed by atoms with Gasteiger partial charge >= 0.3 is 6.09 Å². The van der Waals surface area contributed by atoms with Gasteiger partial charge in [-0.2, -0.15) is 0 Å². The number of hydrogen-bond acceptors (Lipinski definition) is 4. The van der Waals surface area contributed by atoms with Gasteiger partial charge in [0.1, 0.15) is 12.4 Å². The fourth-order valence-electron chi connectivity index (χ4n) is 2.04. The van der Waals surface area contributed by atoms with Crippen LogP contribution in [0, 0.1) is 6.92 Å². The van der Waals surface area contributed by atoms with E-state index in [0.717, 1.165) is 11.1 Å². The standard InChI is InChI=1S/C18H20N2O4/c1-3-23-18(22)20-19-17(21)15-8-5-9-16(11-15)24-12-14-7-4-6-13(2)10-14/h4-11H,3,12H2,1-2H3,(H,19,21)(H,20,22). The fraction of sp³-hybridized carbons (Fsp3) is 0.222. The first-order valence-electron chi connectivity index (χ1n) is 7.60. The summed E-state index contributed by atoms with van der Waals surface area (Å²) < 4.78 is 10.4. The molecule has 6 heteroatoms. The van der Waals surface area contributed by atoms with E-state index in [2.05, 4.69) is 15.6 Å². The fourth-order valence-corrected chi connectivity index (χ4v) is 2.04. The second kappa shape index (κ2) is 8.57. The summed E-state index contributed by atoms with van der Waals surface area (Å²) in [5.41, 5.74) is 7.02. The van der Waals surface area contributed by atoms with Gasteiger partial charge in [-0.25, -0.2) is 10.2 Å². The van der Waals surface area contributed by atoms with Crippen molar-refractivity contribution in [1.29, 1.82) is 0 Å². The van der Waals surface area contributed by atoms with Crippen molar-refractivity contribution in [3.05, 3.63) is 65.2 Å². The molecule has 0 aliphatic rings. The molecule has 0 unspecified atom stereocenters. The van der Waals surface area contributed by atoms with Crippen LogP contribution in [-0.2, 0) is 11.3 Å². The van der Waals surface area contributed by atoms with Crippen LogP contribution in [0.4, 0.5) is 4.79 Å². The van der Waals surface area contributed by atoms with Crippen LogP contribution in [0.1, 0.15) is 28.4 Å². The van der Waals surface area contributed by atoms with Crippen molar-refractivity contribution >= 4 is 12.0 Å². The number of hydrogen-bond donors (Lipinski definition) is 2. The van der Waals surface area contributed by atoms with Crippen molar-refractivity contribution < 1.29 is 19.1 Å². The lowest BCUT2D eigenvalue weighted by atomic mass is 10.1. The molecule has 0 heterocycles. The maximum absolute atomic E-state index is 12.0. The molecule has 126 valence electrons. The molecule has 6 nitrogen and oxygen atoms in total. The van der Waals surface area contributed by atoms with Gasteiger partial charge in [0, 0.05) is 5.56 Å². The Morgan fingerprint density at radius 2 is 1.83 bits per heavy atom. The predicted molar refractivity (Wildman–Crippen MR) is 89.6 cm³/mol. The van der Waals surface area contributed by atoms with E-state index in [0.29, 0.717) is 17.9 Å². The number of carbonyl (C=O) groups excluding carboxylic acids is 2. The first kappa shape index (κ1) is 17.3. The van der Waals surface area contributed by atoms with Gasteiger partial charge in [-0.3, -0.25) is 10.2 Å². The average Bonchev–Trinajstić information content (AvgIpc) is 2.58. The van der Waals surface area contributed by atoms with Crippen LogP contribution in [0.25, 0.3) is 0 Å². The van der Waals surface area contributed by atoms with Crippen molar-refractivity contribution in [1.82, 2.24) is 10.9 Å². The van der Waals surface area contributed by atoms with Crippen molar-refractivity contribution in [2.45, 2.75) is 20.5 Å². The van der Waals surface area contributed by atoms with E-state index in [1.807, 2.05) is 31.2 Å². The Bertz CT molecular complexity index is 716. The minimum absolute atomic E-state index is 0.226. The Balaban J connectivity index is 1.93. The Labute approximate surface area is 140 Å². The molecule has 2 amide bonds. The van der Waals surface area contributed by atoms with Crippen LogP contribution in [0.5, 0.6) is 5.75 Å². The second-order valence-corrected chi connectivity index (χ2v) is 5.11. The zero-order valence-electron chi connectivity index (χ0n) is 13.7. The molecular formula is C18H20N2O4. The molecule has 24 heavy (non-hydrogen) atoms. The van der Waals surface area contributed by atoms with Crippen LogP contribution in [0.3, 0.4) is 0 Å². The van der Waals surface area contributed by atoms with E-state index >= 15 is 0 Å². The van der Waals surface area contributed by atoms with E-state index in [9.17, 15) is 9.59 Å². The molecular weight excluding hydrogens is 308 g/mol. The van der Waals surface area contributed by atoms with Crippen LogP contribution < -0.4 is 15.6 Å². The molecule has 2 N–H and O–H groups in total. The number of rotatable bonds is 5. The average molecular weight is 328 g/mol. The first-order valence-corrected chi connectivity index (χ1v) is 7.60. The molecule has 0 bridgehead atoms. The minimum atomic E-state index is -0.710. The zero-order chi connectivity index (χ0) is 17.4. The number of nitrogens with one attached hydrogen (secondary N) is 2. The third-order valence-corrected chi connectivity index (χ3v) is 3.14. The highest BCUT2D eigenvalue weighted by Crippen LogP contribution is 2.15. The van der Waals surface area contributed by atoms with Crippen LogP contribution >= 0.6 is 0 Å². The Kier molecular flexibility index (Phi) is 6.19. The number of hydrazine groups is 1. The first-order chi connectivity index (χ1) is 11.6. The SMILES string of the molecule is CCOC(=O)NNC(=O)c1cccc(OCc2cccc(C)c2)c1. The summed E-state index contributed by atoms with van der Waals surface area (Å²) in [6.07, 6.45) is -0.710. The number of ether oxygens (including phenoxy) is 2. The lowest BCUT2D eigenvalue weighted by molar-refractivity contribution is 0.0912. The van der Waals surface area contributed by atoms with Gasteiger partial charge in [-0.05, 0) is 37.6 Å². The maximum atomic E-state index is 12.0. The molecule has 0 atom stereocenters. The molecule has 0 spiro atoms. The van der Waals surface area contributed by atoms with Gasteiger partial charge in [-0.15, -0.1) is 0 Å². The van der Waals surface area contributed by atoms with E-state index in [4.69, 9.17) is 4.74 Å². The Morgan fingerprint density at radius 1 is 1.04 bits per heavy atom. The van der Waals surface area contributed by atoms with E-state index < -0.39 is 12.0 Å². The number of aryl methyl sites for hydroxylation is 1. The van der Waals surface area contributed by atoms with Gasteiger partial charge in [0.15, 0.2) is 0 Å². The quantitative estimate of drug-likeness (QED) is 0.827. The molecule has 2 rings (SSSR count). The minimum Gasteiger partial charge on any atom is -0.489 e. The highest BCUT2D eigenvalue weighted by Gasteiger charge is 2.08. The summed E-state index contributed by atoms with van der Waals surface area (Å²) in [5.74, 6) is 0.115. The monoisotopic (exact) mass is 328 g/mol. The lowest BCUT2D eigenvalue weighted by Crippen LogP contribution is -2.41. The normalized spacial score (nSPS) is 9.92. The zero-order valence-corrected chi connectivity index (χ0v) is 13.7. The smallest absolute Gasteiger partial charge is 0.426 e. The van der Waals surface area contributed by atoms with Crippen molar-refractivity contribution in [3.63, 3.8) is 0 Å². The van der Waals surface area contributed by atoms with Gasteiger partial charge in [0.2, 0.25) is 0 Å². The molecule has 0 radical (unpaired) electrons. The molecule has 0 aromatic heterocycles. The van der Waals surface area contributed by atoms with Crippen LogP contribution in [0.2, 0.25) is 0 Å². The summed E-state index contributed by atoms with van der Waals surface area (Å²) in [6.45, 7) is 4.33. The van der Waals surface area contributed by atoms with Crippen molar-refractivity contribution in [2.75, 3.05) is 6.61 Å². The molecule has 2 aromatic carbocycles. The summed E-state index contributed by atoms with van der Waals surface area (Å²) in [7, 11) is 0. The van der Waals surface area contributed by atoms with Gasteiger partial charge in [-0.1, -0.05) is 35.9 Å². The number of carbonyl (C=O) groups is 2. The highest BCUT2D eigenvalue weighted by molar-refractivity contribution is 5.95. The molecule has 0 aliphatic carbocycles. The number of benzene rings is 2. The van der Waals surface area contributed by atoms with E-state index in [-0.39, 0.29) is 6.61 Å².